The van der Waals surface area contributed by atoms with Crippen molar-refractivity contribution in [3.05, 3.63) is 58.3 Å². The van der Waals surface area contributed by atoms with E-state index in [1.54, 1.807) is 17.4 Å². The van der Waals surface area contributed by atoms with Crippen molar-refractivity contribution in [2.45, 2.75) is 19.9 Å². The van der Waals surface area contributed by atoms with Gasteiger partial charge in [0.1, 0.15) is 0 Å². The maximum absolute atomic E-state index is 12.4. The van der Waals surface area contributed by atoms with E-state index >= 15 is 0 Å². The molecule has 1 aliphatic heterocycles. The third kappa shape index (κ3) is 3.82. The highest BCUT2D eigenvalue weighted by molar-refractivity contribution is 7.10. The molecule has 0 radical (unpaired) electrons. The van der Waals surface area contributed by atoms with Crippen molar-refractivity contribution < 1.29 is 4.79 Å². The van der Waals surface area contributed by atoms with E-state index in [0.717, 1.165) is 24.5 Å². The van der Waals surface area contributed by atoms with Crippen molar-refractivity contribution in [3.8, 4) is 0 Å². The molecular formula is C19H22N2OS. The minimum Gasteiger partial charge on any atom is -0.365 e. The molecule has 2 aromatic rings. The first-order chi connectivity index (χ1) is 11.1. The lowest BCUT2D eigenvalue weighted by atomic mass is 10.1. The molecule has 1 aliphatic rings. The molecule has 1 saturated heterocycles. The van der Waals surface area contributed by atoms with E-state index in [1.165, 1.54) is 11.3 Å². The number of anilines is 1. The Kier molecular flexibility index (Phi) is 4.82. The second kappa shape index (κ2) is 7.01. The number of aryl methyl sites for hydroxylation is 1. The largest absolute Gasteiger partial charge is 0.365 e. The van der Waals surface area contributed by atoms with Gasteiger partial charge in [0.25, 0.3) is 0 Å². The third-order valence-corrected chi connectivity index (χ3v) is 5.04. The van der Waals surface area contributed by atoms with Crippen LogP contribution < -0.4 is 4.90 Å². The highest BCUT2D eigenvalue weighted by Crippen LogP contribution is 2.22. The molecule has 120 valence electrons. The van der Waals surface area contributed by atoms with Gasteiger partial charge in [-0.25, -0.2) is 0 Å². The number of nitrogens with zero attached hydrogens (tertiary/aromatic N) is 2. The Morgan fingerprint density at radius 2 is 2.13 bits per heavy atom. The molecule has 0 saturated carbocycles. The molecule has 1 fully saturated rings. The van der Waals surface area contributed by atoms with Crippen molar-refractivity contribution in [2.75, 3.05) is 24.5 Å². The monoisotopic (exact) mass is 326 g/mol. The van der Waals surface area contributed by atoms with Gasteiger partial charge in [-0.3, -0.25) is 4.79 Å². The molecule has 1 aromatic heterocycles. The number of hydrogen-bond acceptors (Lipinski definition) is 3. The van der Waals surface area contributed by atoms with Crippen molar-refractivity contribution in [3.63, 3.8) is 0 Å². The van der Waals surface area contributed by atoms with Crippen LogP contribution in [0.1, 0.15) is 17.4 Å². The molecule has 0 spiro atoms. The van der Waals surface area contributed by atoms with Crippen molar-refractivity contribution in [2.24, 2.45) is 0 Å². The lowest BCUT2D eigenvalue weighted by Crippen LogP contribution is -2.53. The molecule has 2 heterocycles. The van der Waals surface area contributed by atoms with E-state index in [-0.39, 0.29) is 5.91 Å². The van der Waals surface area contributed by atoms with Gasteiger partial charge in [-0.1, -0.05) is 18.2 Å². The molecule has 0 aliphatic carbocycles. The predicted molar refractivity (Wildman–Crippen MR) is 97.9 cm³/mol. The number of hydrogen-bond donors (Lipinski definition) is 0. The van der Waals surface area contributed by atoms with E-state index in [4.69, 9.17) is 0 Å². The Morgan fingerprint density at radius 3 is 2.83 bits per heavy atom. The molecule has 0 unspecified atom stereocenters. The normalized spacial score (nSPS) is 18.6. The quantitative estimate of drug-likeness (QED) is 0.801. The number of benzene rings is 1. The number of piperazine rings is 1. The molecule has 3 rings (SSSR count). The molecule has 4 heteroatoms. The van der Waals surface area contributed by atoms with Gasteiger partial charge in [0.15, 0.2) is 0 Å². The Balaban J connectivity index is 1.63. The van der Waals surface area contributed by atoms with Crippen LogP contribution in [0.3, 0.4) is 0 Å². The van der Waals surface area contributed by atoms with Crippen molar-refractivity contribution in [1.29, 1.82) is 0 Å². The molecule has 23 heavy (non-hydrogen) atoms. The lowest BCUT2D eigenvalue weighted by molar-refractivity contribution is -0.126. The average Bonchev–Trinajstić information content (AvgIpc) is 3.06. The van der Waals surface area contributed by atoms with Crippen LogP contribution in [0.15, 0.2) is 47.9 Å². The van der Waals surface area contributed by atoms with Gasteiger partial charge in [0, 0.05) is 42.3 Å². The molecule has 1 amide bonds. The minimum absolute atomic E-state index is 0.106. The van der Waals surface area contributed by atoms with Gasteiger partial charge in [-0.05, 0) is 49.1 Å². The average molecular weight is 326 g/mol. The van der Waals surface area contributed by atoms with Crippen LogP contribution in [0.2, 0.25) is 0 Å². The van der Waals surface area contributed by atoms with Gasteiger partial charge in [-0.15, -0.1) is 11.3 Å². The maximum atomic E-state index is 12.4. The summed E-state index contributed by atoms with van der Waals surface area (Å²) in [4.78, 5) is 17.8. The Morgan fingerprint density at radius 1 is 1.26 bits per heavy atom. The van der Waals surface area contributed by atoms with Crippen molar-refractivity contribution in [1.82, 2.24) is 4.90 Å². The minimum atomic E-state index is 0.106. The van der Waals surface area contributed by atoms with E-state index in [0.29, 0.717) is 6.04 Å². The smallest absolute Gasteiger partial charge is 0.246 e. The molecule has 0 bridgehead atoms. The molecular weight excluding hydrogens is 304 g/mol. The fourth-order valence-corrected chi connectivity index (χ4v) is 3.61. The van der Waals surface area contributed by atoms with E-state index in [9.17, 15) is 4.79 Å². The number of carbonyl (C=O) groups excluding carboxylic acids is 1. The molecule has 1 atom stereocenters. The third-order valence-electron chi connectivity index (χ3n) is 4.21. The van der Waals surface area contributed by atoms with Gasteiger partial charge >= 0.3 is 0 Å². The summed E-state index contributed by atoms with van der Waals surface area (Å²) in [5.41, 5.74) is 2.52. The van der Waals surface area contributed by atoms with Crippen molar-refractivity contribution >= 4 is 29.0 Å². The van der Waals surface area contributed by atoms with E-state index in [1.807, 2.05) is 28.5 Å². The first-order valence-electron chi connectivity index (χ1n) is 7.97. The topological polar surface area (TPSA) is 23.6 Å². The summed E-state index contributed by atoms with van der Waals surface area (Å²) in [6, 6.07) is 12.9. The number of amides is 1. The summed E-state index contributed by atoms with van der Waals surface area (Å²) in [5, 5.41) is 2.02. The van der Waals surface area contributed by atoms with Gasteiger partial charge < -0.3 is 9.80 Å². The second-order valence-electron chi connectivity index (χ2n) is 6.01. The summed E-state index contributed by atoms with van der Waals surface area (Å²) in [6.07, 6.45) is 3.60. The molecule has 1 aromatic carbocycles. The summed E-state index contributed by atoms with van der Waals surface area (Å²) in [7, 11) is 0. The fraction of sp³-hybridized carbons (Fsp3) is 0.316. The van der Waals surface area contributed by atoms with Gasteiger partial charge in [0.2, 0.25) is 5.91 Å². The highest BCUT2D eigenvalue weighted by Gasteiger charge is 2.25. The molecule has 3 nitrogen and oxygen atoms in total. The number of carbonyl (C=O) groups is 1. The van der Waals surface area contributed by atoms with Gasteiger partial charge in [-0.2, -0.15) is 0 Å². The number of rotatable bonds is 3. The summed E-state index contributed by atoms with van der Waals surface area (Å²) in [5.74, 6) is 0.106. The second-order valence-corrected chi connectivity index (χ2v) is 6.99. The summed E-state index contributed by atoms with van der Waals surface area (Å²) < 4.78 is 0. The van der Waals surface area contributed by atoms with Crippen LogP contribution in [0.25, 0.3) is 6.08 Å². The van der Waals surface area contributed by atoms with Crippen LogP contribution in [-0.4, -0.2) is 36.5 Å². The van der Waals surface area contributed by atoms with E-state index < -0.39 is 0 Å². The Hall–Kier alpha value is -2.07. The van der Waals surface area contributed by atoms with Gasteiger partial charge in [0.05, 0.1) is 0 Å². The zero-order valence-electron chi connectivity index (χ0n) is 13.6. The number of thiophene rings is 1. The maximum Gasteiger partial charge on any atom is 0.246 e. The lowest BCUT2D eigenvalue weighted by Gasteiger charge is -2.41. The van der Waals surface area contributed by atoms with Crippen LogP contribution >= 0.6 is 11.3 Å². The zero-order chi connectivity index (χ0) is 16.2. The predicted octanol–water partition coefficient (Wildman–Crippen LogP) is 3.81. The fourth-order valence-electron chi connectivity index (χ4n) is 2.99. The summed E-state index contributed by atoms with van der Waals surface area (Å²) >= 11 is 1.65. The molecule has 0 N–H and O–H groups in total. The van der Waals surface area contributed by atoms with E-state index in [2.05, 4.69) is 43.0 Å². The van der Waals surface area contributed by atoms with Crippen LogP contribution in [0.5, 0.6) is 0 Å². The zero-order valence-corrected chi connectivity index (χ0v) is 14.4. The van der Waals surface area contributed by atoms with Crippen LogP contribution in [0.4, 0.5) is 5.69 Å². The summed E-state index contributed by atoms with van der Waals surface area (Å²) in [6.45, 7) is 6.71. The Labute approximate surface area is 141 Å². The standard InChI is InChI=1S/C19H22N2OS/c1-15-5-3-6-17(13-15)21-11-10-20(14-16(21)2)19(22)9-8-18-7-4-12-23-18/h3-9,12-13,16H,10-11,14H2,1-2H3/b9-8+/t16-/m0/s1. The van der Waals surface area contributed by atoms with Crippen LogP contribution in [-0.2, 0) is 4.79 Å². The SMILES string of the molecule is Cc1cccc(N2CCN(C(=O)/C=C/c3cccs3)C[C@@H]2C)c1. The highest BCUT2D eigenvalue weighted by atomic mass is 32.1. The first-order valence-corrected chi connectivity index (χ1v) is 8.85. The Bertz CT molecular complexity index is 693. The van der Waals surface area contributed by atoms with Crippen LogP contribution in [0, 0.1) is 6.92 Å². The first kappa shape index (κ1) is 15.8.